The molecule has 0 aliphatic rings. The summed E-state index contributed by atoms with van der Waals surface area (Å²) in [6.45, 7) is 5.18. The van der Waals surface area contributed by atoms with E-state index in [0.29, 0.717) is 6.04 Å². The van der Waals surface area contributed by atoms with Gasteiger partial charge in [-0.2, -0.15) is 0 Å². The molecule has 0 aliphatic carbocycles. The standard InChI is InChI=1S/C13H16N2OS/c1-3-14-9(2)12-8-15-13(17-12)10-4-6-11(16)7-5-10/h4-9,14,16H,3H2,1-2H3. The maximum Gasteiger partial charge on any atom is 0.123 e. The van der Waals surface area contributed by atoms with E-state index in [9.17, 15) is 5.11 Å². The molecule has 1 atom stereocenters. The molecular weight excluding hydrogens is 232 g/mol. The molecule has 2 rings (SSSR count). The van der Waals surface area contributed by atoms with Crippen molar-refractivity contribution in [3.8, 4) is 16.3 Å². The fraction of sp³-hybridized carbons (Fsp3) is 0.308. The van der Waals surface area contributed by atoms with E-state index in [1.165, 1.54) is 4.88 Å². The van der Waals surface area contributed by atoms with Gasteiger partial charge in [-0.25, -0.2) is 4.98 Å². The molecule has 3 nitrogen and oxygen atoms in total. The Morgan fingerprint density at radius 3 is 2.71 bits per heavy atom. The van der Waals surface area contributed by atoms with Gasteiger partial charge in [-0.3, -0.25) is 0 Å². The maximum atomic E-state index is 9.24. The molecule has 1 aromatic heterocycles. The summed E-state index contributed by atoms with van der Waals surface area (Å²) in [6, 6.07) is 7.48. The van der Waals surface area contributed by atoms with Gasteiger partial charge in [0.15, 0.2) is 0 Å². The van der Waals surface area contributed by atoms with Crippen LogP contribution in [0, 0.1) is 0 Å². The molecule has 0 radical (unpaired) electrons. The normalized spacial score (nSPS) is 12.6. The van der Waals surface area contributed by atoms with Crippen LogP contribution in [0.5, 0.6) is 5.75 Å². The van der Waals surface area contributed by atoms with E-state index in [-0.39, 0.29) is 5.75 Å². The molecule has 90 valence electrons. The van der Waals surface area contributed by atoms with Gasteiger partial charge in [0.05, 0.1) is 0 Å². The number of aromatic hydroxyl groups is 1. The summed E-state index contributed by atoms with van der Waals surface area (Å²) in [6.07, 6.45) is 1.92. The largest absolute Gasteiger partial charge is 0.508 e. The molecular formula is C13H16N2OS. The van der Waals surface area contributed by atoms with Gasteiger partial charge >= 0.3 is 0 Å². The number of benzene rings is 1. The van der Waals surface area contributed by atoms with Crippen molar-refractivity contribution in [2.24, 2.45) is 0 Å². The third-order valence-electron chi connectivity index (χ3n) is 2.57. The Kier molecular flexibility index (Phi) is 3.76. The molecule has 2 aromatic rings. The van der Waals surface area contributed by atoms with Gasteiger partial charge in [0.25, 0.3) is 0 Å². The number of phenolic OH excluding ortho intramolecular Hbond substituents is 1. The van der Waals surface area contributed by atoms with Crippen molar-refractivity contribution in [2.45, 2.75) is 19.9 Å². The number of aromatic nitrogens is 1. The van der Waals surface area contributed by atoms with Crippen molar-refractivity contribution < 1.29 is 5.11 Å². The molecule has 17 heavy (non-hydrogen) atoms. The van der Waals surface area contributed by atoms with Crippen LogP contribution < -0.4 is 5.32 Å². The summed E-state index contributed by atoms with van der Waals surface area (Å²) in [5, 5.41) is 13.6. The third kappa shape index (κ3) is 2.84. The number of rotatable bonds is 4. The van der Waals surface area contributed by atoms with Crippen molar-refractivity contribution in [3.05, 3.63) is 35.3 Å². The first-order valence-corrected chi connectivity index (χ1v) is 6.51. The molecule has 0 saturated heterocycles. The number of hydrogen-bond acceptors (Lipinski definition) is 4. The molecule has 1 heterocycles. The lowest BCUT2D eigenvalue weighted by Gasteiger charge is -2.08. The van der Waals surface area contributed by atoms with E-state index in [4.69, 9.17) is 0 Å². The Morgan fingerprint density at radius 2 is 2.06 bits per heavy atom. The fourth-order valence-electron chi connectivity index (χ4n) is 1.63. The topological polar surface area (TPSA) is 45.2 Å². The Bertz CT molecular complexity index is 478. The summed E-state index contributed by atoms with van der Waals surface area (Å²) in [4.78, 5) is 5.65. The smallest absolute Gasteiger partial charge is 0.123 e. The second kappa shape index (κ2) is 5.29. The molecule has 4 heteroatoms. The zero-order valence-electron chi connectivity index (χ0n) is 9.97. The molecule has 0 bridgehead atoms. The van der Waals surface area contributed by atoms with Crippen LogP contribution in [0.4, 0.5) is 0 Å². The van der Waals surface area contributed by atoms with Crippen LogP contribution in [0.2, 0.25) is 0 Å². The van der Waals surface area contributed by atoms with Gasteiger partial charge in [0.2, 0.25) is 0 Å². The Labute approximate surface area is 105 Å². The number of phenols is 1. The molecule has 0 fully saturated rings. The van der Waals surface area contributed by atoms with Gasteiger partial charge in [0, 0.05) is 22.7 Å². The van der Waals surface area contributed by atoms with Crippen LogP contribution >= 0.6 is 11.3 Å². The molecule has 1 unspecified atom stereocenters. The Morgan fingerprint density at radius 1 is 1.35 bits per heavy atom. The van der Waals surface area contributed by atoms with Crippen LogP contribution in [0.25, 0.3) is 10.6 Å². The van der Waals surface area contributed by atoms with Crippen LogP contribution in [-0.2, 0) is 0 Å². The van der Waals surface area contributed by atoms with Gasteiger partial charge in [0.1, 0.15) is 10.8 Å². The third-order valence-corrected chi connectivity index (χ3v) is 3.80. The highest BCUT2D eigenvalue weighted by atomic mass is 32.1. The van der Waals surface area contributed by atoms with E-state index in [0.717, 1.165) is 17.1 Å². The lowest BCUT2D eigenvalue weighted by molar-refractivity contribution is 0.475. The summed E-state index contributed by atoms with van der Waals surface area (Å²) < 4.78 is 0. The zero-order chi connectivity index (χ0) is 12.3. The first kappa shape index (κ1) is 12.1. The lowest BCUT2D eigenvalue weighted by Crippen LogP contribution is -2.16. The van der Waals surface area contributed by atoms with E-state index < -0.39 is 0 Å². The van der Waals surface area contributed by atoms with Crippen LogP contribution in [0.1, 0.15) is 24.8 Å². The minimum atomic E-state index is 0.284. The summed E-state index contributed by atoms with van der Waals surface area (Å²) in [7, 11) is 0. The van der Waals surface area contributed by atoms with Crippen molar-refractivity contribution in [1.82, 2.24) is 10.3 Å². The van der Waals surface area contributed by atoms with Crippen LogP contribution in [0.3, 0.4) is 0 Å². The average Bonchev–Trinajstić information content (AvgIpc) is 2.80. The number of thiazole rings is 1. The highest BCUT2D eigenvalue weighted by Gasteiger charge is 2.09. The highest BCUT2D eigenvalue weighted by molar-refractivity contribution is 7.15. The lowest BCUT2D eigenvalue weighted by atomic mass is 10.2. The molecule has 0 spiro atoms. The van der Waals surface area contributed by atoms with E-state index in [1.807, 2.05) is 18.3 Å². The summed E-state index contributed by atoms with van der Waals surface area (Å²) in [5.74, 6) is 0.284. The molecule has 0 aliphatic heterocycles. The SMILES string of the molecule is CCNC(C)c1cnc(-c2ccc(O)cc2)s1. The monoisotopic (exact) mass is 248 g/mol. The first-order chi connectivity index (χ1) is 8.20. The summed E-state index contributed by atoms with van der Waals surface area (Å²) >= 11 is 1.68. The second-order valence-corrected chi connectivity index (χ2v) is 4.96. The van der Waals surface area contributed by atoms with Gasteiger partial charge in [-0.05, 0) is 37.7 Å². The van der Waals surface area contributed by atoms with E-state index in [2.05, 4.69) is 24.1 Å². The average molecular weight is 248 g/mol. The predicted octanol–water partition coefficient (Wildman–Crippen LogP) is 3.19. The van der Waals surface area contributed by atoms with Crippen LogP contribution in [0.15, 0.2) is 30.5 Å². The Balaban J connectivity index is 2.20. The molecule has 0 amide bonds. The molecule has 1 aromatic carbocycles. The number of nitrogens with zero attached hydrogens (tertiary/aromatic N) is 1. The minimum absolute atomic E-state index is 0.284. The van der Waals surface area contributed by atoms with E-state index >= 15 is 0 Å². The minimum Gasteiger partial charge on any atom is -0.508 e. The van der Waals surface area contributed by atoms with E-state index in [1.54, 1.807) is 23.5 Å². The predicted molar refractivity (Wildman–Crippen MR) is 71.3 cm³/mol. The fourth-order valence-corrected chi connectivity index (χ4v) is 2.58. The molecule has 2 N–H and O–H groups in total. The van der Waals surface area contributed by atoms with Gasteiger partial charge in [-0.1, -0.05) is 6.92 Å². The highest BCUT2D eigenvalue weighted by Crippen LogP contribution is 2.29. The number of nitrogens with one attached hydrogen (secondary N) is 1. The van der Waals surface area contributed by atoms with Crippen molar-refractivity contribution in [2.75, 3.05) is 6.54 Å². The van der Waals surface area contributed by atoms with Gasteiger partial charge in [-0.15, -0.1) is 11.3 Å². The Hall–Kier alpha value is -1.39. The number of hydrogen-bond donors (Lipinski definition) is 2. The van der Waals surface area contributed by atoms with Crippen molar-refractivity contribution >= 4 is 11.3 Å². The molecule has 0 saturated carbocycles. The summed E-state index contributed by atoms with van der Waals surface area (Å²) in [5.41, 5.74) is 1.04. The van der Waals surface area contributed by atoms with Gasteiger partial charge < -0.3 is 10.4 Å². The quantitative estimate of drug-likeness (QED) is 0.873. The first-order valence-electron chi connectivity index (χ1n) is 5.69. The van der Waals surface area contributed by atoms with Crippen molar-refractivity contribution in [1.29, 1.82) is 0 Å². The van der Waals surface area contributed by atoms with Crippen LogP contribution in [-0.4, -0.2) is 16.6 Å². The second-order valence-electron chi connectivity index (χ2n) is 3.89. The van der Waals surface area contributed by atoms with Crippen molar-refractivity contribution in [3.63, 3.8) is 0 Å². The zero-order valence-corrected chi connectivity index (χ0v) is 10.8. The maximum absolute atomic E-state index is 9.24.